The molecule has 0 N–H and O–H groups in total. The van der Waals surface area contributed by atoms with Gasteiger partial charge in [0.05, 0.1) is 12.0 Å². The molecule has 1 atom stereocenters. The van der Waals surface area contributed by atoms with Crippen LogP contribution in [0.1, 0.15) is 23.2 Å². The second kappa shape index (κ2) is 5.34. The molecule has 0 aromatic heterocycles. The Kier molecular flexibility index (Phi) is 3.39. The number of hydrogen-bond acceptors (Lipinski definition) is 2. The number of rotatable bonds is 1. The SMILES string of the molecule is N#CC1CCCN(C(=O)c2cccc3ccccc23)C1. The number of fused-ring (bicyclic) bond motifs is 1. The maximum atomic E-state index is 12.7. The molecule has 100 valence electrons. The molecular weight excluding hydrogens is 248 g/mol. The third-order valence-electron chi connectivity index (χ3n) is 3.91. The molecule has 0 spiro atoms. The van der Waals surface area contributed by atoms with Crippen molar-refractivity contribution in [3.63, 3.8) is 0 Å². The van der Waals surface area contributed by atoms with Gasteiger partial charge < -0.3 is 4.90 Å². The van der Waals surface area contributed by atoms with E-state index in [-0.39, 0.29) is 11.8 Å². The normalized spacial score (nSPS) is 18.8. The van der Waals surface area contributed by atoms with Gasteiger partial charge in [-0.15, -0.1) is 0 Å². The van der Waals surface area contributed by atoms with Crippen LogP contribution in [0.2, 0.25) is 0 Å². The number of nitrogens with zero attached hydrogens (tertiary/aromatic N) is 2. The number of hydrogen-bond donors (Lipinski definition) is 0. The quantitative estimate of drug-likeness (QED) is 0.793. The van der Waals surface area contributed by atoms with Crippen LogP contribution < -0.4 is 0 Å². The van der Waals surface area contributed by atoms with Crippen molar-refractivity contribution >= 4 is 16.7 Å². The van der Waals surface area contributed by atoms with Crippen LogP contribution in [0.5, 0.6) is 0 Å². The van der Waals surface area contributed by atoms with Crippen LogP contribution in [0.4, 0.5) is 0 Å². The van der Waals surface area contributed by atoms with Crippen molar-refractivity contribution in [3.05, 3.63) is 48.0 Å². The van der Waals surface area contributed by atoms with Crippen LogP contribution in [0.3, 0.4) is 0 Å². The Bertz CT molecular complexity index is 681. The van der Waals surface area contributed by atoms with Crippen molar-refractivity contribution in [1.29, 1.82) is 5.26 Å². The predicted molar refractivity (Wildman–Crippen MR) is 78.2 cm³/mol. The van der Waals surface area contributed by atoms with E-state index in [4.69, 9.17) is 5.26 Å². The van der Waals surface area contributed by atoms with Gasteiger partial charge in [0.2, 0.25) is 0 Å². The summed E-state index contributed by atoms with van der Waals surface area (Å²) in [7, 11) is 0. The Balaban J connectivity index is 1.95. The number of benzene rings is 2. The van der Waals surface area contributed by atoms with Crippen LogP contribution in [0.25, 0.3) is 10.8 Å². The molecule has 3 rings (SSSR count). The van der Waals surface area contributed by atoms with Crippen LogP contribution in [-0.4, -0.2) is 23.9 Å². The molecule has 1 amide bonds. The van der Waals surface area contributed by atoms with E-state index in [2.05, 4.69) is 6.07 Å². The average molecular weight is 264 g/mol. The van der Waals surface area contributed by atoms with Gasteiger partial charge in [-0.2, -0.15) is 5.26 Å². The summed E-state index contributed by atoms with van der Waals surface area (Å²) in [4.78, 5) is 14.5. The highest BCUT2D eigenvalue weighted by Crippen LogP contribution is 2.23. The fourth-order valence-corrected chi connectivity index (χ4v) is 2.85. The zero-order chi connectivity index (χ0) is 13.9. The summed E-state index contributed by atoms with van der Waals surface area (Å²) in [6.45, 7) is 1.30. The molecule has 1 heterocycles. The lowest BCUT2D eigenvalue weighted by atomic mass is 9.97. The van der Waals surface area contributed by atoms with Gasteiger partial charge >= 0.3 is 0 Å². The van der Waals surface area contributed by atoms with E-state index in [0.29, 0.717) is 6.54 Å². The van der Waals surface area contributed by atoms with Crippen molar-refractivity contribution in [2.75, 3.05) is 13.1 Å². The molecule has 3 heteroatoms. The lowest BCUT2D eigenvalue weighted by molar-refractivity contribution is 0.0701. The molecule has 2 aromatic carbocycles. The second-order valence-electron chi connectivity index (χ2n) is 5.25. The summed E-state index contributed by atoms with van der Waals surface area (Å²) < 4.78 is 0. The molecule has 20 heavy (non-hydrogen) atoms. The minimum Gasteiger partial charge on any atom is -0.337 e. The number of piperidine rings is 1. The monoisotopic (exact) mass is 264 g/mol. The third kappa shape index (κ3) is 2.25. The number of nitriles is 1. The molecule has 2 aromatic rings. The Morgan fingerprint density at radius 3 is 2.85 bits per heavy atom. The highest BCUT2D eigenvalue weighted by atomic mass is 16.2. The molecule has 1 aliphatic heterocycles. The first-order chi connectivity index (χ1) is 9.79. The standard InChI is InChI=1S/C17H16N2O/c18-11-13-5-4-10-19(12-13)17(20)16-9-3-7-14-6-1-2-8-15(14)16/h1-3,6-9,13H,4-5,10,12H2. The van der Waals surface area contributed by atoms with E-state index in [1.807, 2.05) is 47.4 Å². The van der Waals surface area contributed by atoms with Crippen molar-refractivity contribution in [3.8, 4) is 6.07 Å². The van der Waals surface area contributed by atoms with Crippen LogP contribution >= 0.6 is 0 Å². The minimum atomic E-state index is -0.0253. The fourth-order valence-electron chi connectivity index (χ4n) is 2.85. The van der Waals surface area contributed by atoms with E-state index in [9.17, 15) is 4.79 Å². The van der Waals surface area contributed by atoms with E-state index >= 15 is 0 Å². The van der Waals surface area contributed by atoms with E-state index < -0.39 is 0 Å². The first kappa shape index (κ1) is 12.7. The van der Waals surface area contributed by atoms with Gasteiger partial charge in [-0.25, -0.2) is 0 Å². The van der Waals surface area contributed by atoms with Gasteiger partial charge in [0.1, 0.15) is 0 Å². The third-order valence-corrected chi connectivity index (χ3v) is 3.91. The lowest BCUT2D eigenvalue weighted by Crippen LogP contribution is -2.39. The summed E-state index contributed by atoms with van der Waals surface area (Å²) in [5, 5.41) is 11.1. The molecule has 0 radical (unpaired) electrons. The summed E-state index contributed by atoms with van der Waals surface area (Å²) in [5.74, 6) is 0.0180. The Morgan fingerprint density at radius 2 is 2.00 bits per heavy atom. The number of carbonyl (C=O) groups is 1. The summed E-state index contributed by atoms with van der Waals surface area (Å²) >= 11 is 0. The van der Waals surface area contributed by atoms with E-state index in [0.717, 1.165) is 35.7 Å². The highest BCUT2D eigenvalue weighted by Gasteiger charge is 2.25. The topological polar surface area (TPSA) is 44.1 Å². The zero-order valence-corrected chi connectivity index (χ0v) is 11.2. The Labute approximate surface area is 118 Å². The number of carbonyl (C=O) groups excluding carboxylic acids is 1. The molecular formula is C17H16N2O. The first-order valence-electron chi connectivity index (χ1n) is 6.96. The maximum absolute atomic E-state index is 12.7. The smallest absolute Gasteiger partial charge is 0.254 e. The zero-order valence-electron chi connectivity index (χ0n) is 11.2. The molecule has 1 fully saturated rings. The Hall–Kier alpha value is -2.34. The van der Waals surface area contributed by atoms with Crippen LogP contribution in [0, 0.1) is 17.2 Å². The first-order valence-corrected chi connectivity index (χ1v) is 6.96. The van der Waals surface area contributed by atoms with E-state index in [1.54, 1.807) is 0 Å². The largest absolute Gasteiger partial charge is 0.337 e. The Morgan fingerprint density at radius 1 is 1.20 bits per heavy atom. The average Bonchev–Trinajstić information content (AvgIpc) is 2.53. The van der Waals surface area contributed by atoms with Gasteiger partial charge in [0.15, 0.2) is 0 Å². The minimum absolute atomic E-state index is 0.0253. The number of amides is 1. The molecule has 1 aliphatic rings. The van der Waals surface area contributed by atoms with Gasteiger partial charge in [-0.05, 0) is 29.7 Å². The number of likely N-dealkylation sites (tertiary alicyclic amines) is 1. The van der Waals surface area contributed by atoms with Crippen molar-refractivity contribution in [1.82, 2.24) is 4.90 Å². The second-order valence-corrected chi connectivity index (χ2v) is 5.25. The summed E-state index contributed by atoms with van der Waals surface area (Å²) in [6, 6.07) is 16.0. The van der Waals surface area contributed by atoms with Crippen molar-refractivity contribution in [2.24, 2.45) is 5.92 Å². The van der Waals surface area contributed by atoms with Crippen molar-refractivity contribution in [2.45, 2.75) is 12.8 Å². The van der Waals surface area contributed by atoms with Crippen molar-refractivity contribution < 1.29 is 4.79 Å². The fraction of sp³-hybridized carbons (Fsp3) is 0.294. The molecule has 3 nitrogen and oxygen atoms in total. The van der Waals surface area contributed by atoms with Crippen LogP contribution in [-0.2, 0) is 0 Å². The van der Waals surface area contributed by atoms with Crippen LogP contribution in [0.15, 0.2) is 42.5 Å². The van der Waals surface area contributed by atoms with Gasteiger partial charge in [-0.3, -0.25) is 4.79 Å². The lowest BCUT2D eigenvalue weighted by Gasteiger charge is -2.30. The van der Waals surface area contributed by atoms with Gasteiger partial charge in [0.25, 0.3) is 5.91 Å². The summed E-state index contributed by atoms with van der Waals surface area (Å²) in [5.41, 5.74) is 0.738. The highest BCUT2D eigenvalue weighted by molar-refractivity contribution is 6.07. The molecule has 0 saturated carbocycles. The van der Waals surface area contributed by atoms with Gasteiger partial charge in [0, 0.05) is 18.7 Å². The van der Waals surface area contributed by atoms with E-state index in [1.165, 1.54) is 0 Å². The molecule has 1 saturated heterocycles. The molecule has 0 bridgehead atoms. The molecule has 1 unspecified atom stereocenters. The molecule has 0 aliphatic carbocycles. The summed E-state index contributed by atoms with van der Waals surface area (Å²) in [6.07, 6.45) is 1.81. The van der Waals surface area contributed by atoms with Gasteiger partial charge in [-0.1, -0.05) is 36.4 Å². The maximum Gasteiger partial charge on any atom is 0.254 e. The predicted octanol–water partition coefficient (Wildman–Crippen LogP) is 3.22.